The van der Waals surface area contributed by atoms with Crippen LogP contribution in [0.2, 0.25) is 0 Å². The molecular formula is C14H23N5O3. The van der Waals surface area contributed by atoms with Crippen molar-refractivity contribution in [3.63, 3.8) is 0 Å². The van der Waals surface area contributed by atoms with E-state index in [0.717, 1.165) is 0 Å². The molecule has 1 unspecified atom stereocenters. The Kier molecular flexibility index (Phi) is 5.15. The van der Waals surface area contributed by atoms with Crippen LogP contribution in [-0.2, 0) is 16.0 Å². The van der Waals surface area contributed by atoms with Crippen molar-refractivity contribution in [2.45, 2.75) is 52.6 Å². The van der Waals surface area contributed by atoms with E-state index >= 15 is 0 Å². The molecule has 1 atom stereocenters. The Morgan fingerprint density at radius 2 is 2.05 bits per heavy atom. The number of nitrogens with one attached hydrogen (secondary N) is 1. The van der Waals surface area contributed by atoms with E-state index < -0.39 is 5.69 Å². The number of nitrogen functional groups attached to an aromatic ring is 1. The molecule has 22 heavy (non-hydrogen) atoms. The Morgan fingerprint density at radius 3 is 2.68 bits per heavy atom. The Balaban J connectivity index is 2.23. The van der Waals surface area contributed by atoms with Crippen molar-refractivity contribution in [3.05, 3.63) is 16.8 Å². The Bertz CT molecular complexity index is 677. The lowest BCUT2D eigenvalue weighted by atomic mass is 10.3. The van der Waals surface area contributed by atoms with Crippen molar-refractivity contribution in [2.75, 3.05) is 12.3 Å². The molecule has 0 radical (unpaired) electrons. The molecule has 0 bridgehead atoms. The maximum atomic E-state index is 11.5. The van der Waals surface area contributed by atoms with Gasteiger partial charge in [-0.1, -0.05) is 0 Å². The van der Waals surface area contributed by atoms with E-state index in [1.54, 1.807) is 10.9 Å². The summed E-state index contributed by atoms with van der Waals surface area (Å²) < 4.78 is 13.3. The molecule has 122 valence electrons. The number of ether oxygens (including phenoxy) is 2. The van der Waals surface area contributed by atoms with Gasteiger partial charge in [0, 0.05) is 0 Å². The van der Waals surface area contributed by atoms with Gasteiger partial charge in [0.15, 0.2) is 5.65 Å². The van der Waals surface area contributed by atoms with E-state index in [2.05, 4.69) is 15.0 Å². The van der Waals surface area contributed by atoms with Crippen molar-refractivity contribution < 1.29 is 9.47 Å². The summed E-state index contributed by atoms with van der Waals surface area (Å²) in [6, 6.07) is 0. The molecule has 0 aliphatic carbocycles. The SMILES string of the molecule is CC(C)OCC(Cn1cnc2c(N)[nH]c(=O)nc21)OC(C)C. The highest BCUT2D eigenvalue weighted by Gasteiger charge is 2.17. The third-order valence-electron chi connectivity index (χ3n) is 2.99. The van der Waals surface area contributed by atoms with E-state index in [-0.39, 0.29) is 24.1 Å². The van der Waals surface area contributed by atoms with E-state index in [1.165, 1.54) is 0 Å². The molecule has 0 saturated heterocycles. The van der Waals surface area contributed by atoms with E-state index in [9.17, 15) is 4.79 Å². The van der Waals surface area contributed by atoms with Gasteiger partial charge in [0.1, 0.15) is 11.3 Å². The van der Waals surface area contributed by atoms with Crippen LogP contribution in [0, 0.1) is 0 Å². The number of aromatic amines is 1. The molecule has 0 saturated carbocycles. The molecule has 0 aliphatic heterocycles. The van der Waals surface area contributed by atoms with Gasteiger partial charge in [-0.05, 0) is 27.7 Å². The van der Waals surface area contributed by atoms with Gasteiger partial charge in [0.05, 0.1) is 37.8 Å². The van der Waals surface area contributed by atoms with Crippen LogP contribution in [-0.4, -0.2) is 44.4 Å². The standard InChI is InChI=1S/C14H23N5O3/c1-8(2)21-6-10(22-9(3)4)5-19-7-16-11-12(15)17-14(20)18-13(11)19/h7-10H,5-6H2,1-4H3,(H3,15,17,18,20). The smallest absolute Gasteiger partial charge is 0.348 e. The number of fused-ring (bicyclic) bond motifs is 1. The summed E-state index contributed by atoms with van der Waals surface area (Å²) in [6.45, 7) is 8.82. The predicted octanol–water partition coefficient (Wildman–Crippen LogP) is 0.920. The first-order valence-electron chi connectivity index (χ1n) is 7.34. The number of hydrogen-bond acceptors (Lipinski definition) is 6. The summed E-state index contributed by atoms with van der Waals surface area (Å²) in [4.78, 5) is 22.1. The molecule has 2 aromatic heterocycles. The lowest BCUT2D eigenvalue weighted by molar-refractivity contribution is -0.0644. The summed E-state index contributed by atoms with van der Waals surface area (Å²) in [6.07, 6.45) is 1.63. The number of hydrogen-bond donors (Lipinski definition) is 2. The van der Waals surface area contributed by atoms with Crippen molar-refractivity contribution in [1.82, 2.24) is 19.5 Å². The van der Waals surface area contributed by atoms with Crippen LogP contribution >= 0.6 is 0 Å². The van der Waals surface area contributed by atoms with Gasteiger partial charge in [-0.15, -0.1) is 0 Å². The summed E-state index contributed by atoms with van der Waals surface area (Å²) in [7, 11) is 0. The average molecular weight is 309 g/mol. The van der Waals surface area contributed by atoms with Crippen LogP contribution in [0.5, 0.6) is 0 Å². The van der Waals surface area contributed by atoms with Gasteiger partial charge in [-0.3, -0.25) is 4.98 Å². The van der Waals surface area contributed by atoms with Crippen LogP contribution in [0.15, 0.2) is 11.1 Å². The Labute approximate surface area is 128 Å². The van der Waals surface area contributed by atoms with Gasteiger partial charge in [-0.2, -0.15) is 4.98 Å². The molecule has 0 fully saturated rings. The number of rotatable bonds is 7. The fourth-order valence-corrected chi connectivity index (χ4v) is 2.15. The number of nitrogens with zero attached hydrogens (tertiary/aromatic N) is 3. The monoisotopic (exact) mass is 309 g/mol. The second kappa shape index (κ2) is 6.89. The summed E-state index contributed by atoms with van der Waals surface area (Å²) in [5.41, 5.74) is 6.19. The number of aromatic nitrogens is 4. The summed E-state index contributed by atoms with van der Waals surface area (Å²) in [5.74, 6) is 0.216. The quantitative estimate of drug-likeness (QED) is 0.787. The molecule has 2 heterocycles. The van der Waals surface area contributed by atoms with Crippen molar-refractivity contribution in [2.24, 2.45) is 0 Å². The summed E-state index contributed by atoms with van der Waals surface area (Å²) >= 11 is 0. The minimum atomic E-state index is -0.494. The number of imidazole rings is 1. The molecule has 8 nitrogen and oxygen atoms in total. The molecule has 2 rings (SSSR count). The van der Waals surface area contributed by atoms with Gasteiger partial charge >= 0.3 is 5.69 Å². The highest BCUT2D eigenvalue weighted by atomic mass is 16.5. The van der Waals surface area contributed by atoms with Gasteiger partial charge < -0.3 is 19.8 Å². The van der Waals surface area contributed by atoms with Crippen molar-refractivity contribution in [1.29, 1.82) is 0 Å². The third kappa shape index (κ3) is 4.05. The van der Waals surface area contributed by atoms with Crippen LogP contribution in [0.1, 0.15) is 27.7 Å². The maximum absolute atomic E-state index is 11.5. The highest BCUT2D eigenvalue weighted by Crippen LogP contribution is 2.14. The van der Waals surface area contributed by atoms with Gasteiger partial charge in [0.25, 0.3) is 0 Å². The third-order valence-corrected chi connectivity index (χ3v) is 2.99. The first-order chi connectivity index (χ1) is 10.4. The molecule has 2 aromatic rings. The van der Waals surface area contributed by atoms with Crippen molar-refractivity contribution in [3.8, 4) is 0 Å². The van der Waals surface area contributed by atoms with E-state index in [1.807, 2.05) is 27.7 Å². The van der Waals surface area contributed by atoms with Crippen LogP contribution in [0.3, 0.4) is 0 Å². The first-order valence-corrected chi connectivity index (χ1v) is 7.34. The molecule has 8 heteroatoms. The normalized spacial score (nSPS) is 13.4. The maximum Gasteiger partial charge on any atom is 0.348 e. The zero-order valence-corrected chi connectivity index (χ0v) is 13.4. The second-order valence-electron chi connectivity index (χ2n) is 5.71. The first kappa shape index (κ1) is 16.4. The highest BCUT2D eigenvalue weighted by molar-refractivity contribution is 5.81. The molecule has 3 N–H and O–H groups in total. The minimum Gasteiger partial charge on any atom is -0.383 e. The molecular weight excluding hydrogens is 286 g/mol. The largest absolute Gasteiger partial charge is 0.383 e. The molecule has 0 aliphatic rings. The second-order valence-corrected chi connectivity index (χ2v) is 5.71. The van der Waals surface area contributed by atoms with E-state index in [0.29, 0.717) is 24.3 Å². The fraction of sp³-hybridized carbons (Fsp3) is 0.643. The zero-order valence-electron chi connectivity index (χ0n) is 13.4. The Morgan fingerprint density at radius 1 is 1.32 bits per heavy atom. The summed E-state index contributed by atoms with van der Waals surface area (Å²) in [5, 5.41) is 0. The van der Waals surface area contributed by atoms with Gasteiger partial charge in [0.2, 0.25) is 0 Å². The minimum absolute atomic E-state index is 0.0666. The van der Waals surface area contributed by atoms with Crippen LogP contribution in [0.25, 0.3) is 11.2 Å². The van der Waals surface area contributed by atoms with Gasteiger partial charge in [-0.25, -0.2) is 9.78 Å². The molecule has 0 amide bonds. The molecule has 0 aromatic carbocycles. The lowest BCUT2D eigenvalue weighted by Crippen LogP contribution is -2.29. The average Bonchev–Trinajstić information content (AvgIpc) is 2.78. The lowest BCUT2D eigenvalue weighted by Gasteiger charge is -2.22. The number of anilines is 1. The Hall–Kier alpha value is -1.93. The van der Waals surface area contributed by atoms with Crippen LogP contribution in [0.4, 0.5) is 5.82 Å². The topological polar surface area (TPSA) is 108 Å². The predicted molar refractivity (Wildman–Crippen MR) is 83.7 cm³/mol. The fourth-order valence-electron chi connectivity index (χ4n) is 2.15. The van der Waals surface area contributed by atoms with Crippen LogP contribution < -0.4 is 11.4 Å². The zero-order chi connectivity index (χ0) is 16.3. The molecule has 0 spiro atoms. The number of H-pyrrole nitrogens is 1. The number of nitrogens with two attached hydrogens (primary N) is 1. The van der Waals surface area contributed by atoms with E-state index in [4.69, 9.17) is 15.2 Å². The van der Waals surface area contributed by atoms with Crippen molar-refractivity contribution >= 4 is 17.0 Å².